The highest BCUT2D eigenvalue weighted by atomic mass is 16.6. The van der Waals surface area contributed by atoms with Crippen molar-refractivity contribution in [3.8, 4) is 22.8 Å². The van der Waals surface area contributed by atoms with Crippen LogP contribution in [0.2, 0.25) is 0 Å². The number of ether oxygens (including phenoxy) is 5. The molecule has 2 fully saturated rings. The van der Waals surface area contributed by atoms with Gasteiger partial charge in [0.15, 0.2) is 5.65 Å². The number of hydrogen-bond acceptors (Lipinski definition) is 18. The molecule has 2 saturated heterocycles. The van der Waals surface area contributed by atoms with Crippen molar-refractivity contribution in [3.05, 3.63) is 138 Å². The lowest BCUT2D eigenvalue weighted by atomic mass is 9.96. The molecule has 0 aliphatic carbocycles. The third-order valence-electron chi connectivity index (χ3n) is 15.0. The van der Waals surface area contributed by atoms with Crippen molar-refractivity contribution in [1.82, 2.24) is 45.1 Å². The number of para-hydroxylation sites is 2. The Balaban J connectivity index is 0.560. The Morgan fingerprint density at radius 1 is 0.682 bits per heavy atom. The zero-order valence-electron chi connectivity index (χ0n) is 47.9. The number of nitrogens with one attached hydrogen (secondary N) is 3. The molecule has 0 bridgehead atoms. The molecule has 9 rings (SSSR count). The van der Waals surface area contributed by atoms with Crippen LogP contribution in [0.1, 0.15) is 54.8 Å². The molecule has 85 heavy (non-hydrogen) atoms. The summed E-state index contributed by atoms with van der Waals surface area (Å²) >= 11 is 0. The Morgan fingerprint density at radius 2 is 1.33 bits per heavy atom. The van der Waals surface area contributed by atoms with Crippen LogP contribution < -0.4 is 31.7 Å². The number of amides is 4. The predicted octanol–water partition coefficient (Wildman–Crippen LogP) is 6.04. The van der Waals surface area contributed by atoms with Gasteiger partial charge in [-0.15, -0.1) is 0 Å². The number of piperidine rings is 1. The average Bonchev–Trinajstić information content (AvgIpc) is 2.15. The van der Waals surface area contributed by atoms with E-state index < -0.39 is 0 Å². The van der Waals surface area contributed by atoms with Crippen molar-refractivity contribution in [3.63, 3.8) is 0 Å². The molecular weight excluding hydrogens is 1080 g/mol. The van der Waals surface area contributed by atoms with Gasteiger partial charge in [0.2, 0.25) is 23.6 Å². The number of carbonyl (C=O) groups excluding carboxylic acids is 4. The number of piperazine rings is 1. The molecule has 4 aromatic carbocycles. The topological polar surface area (TPSA) is 283 Å². The fourth-order valence-electron chi connectivity index (χ4n) is 10.5. The number of nitrogen functional groups attached to an aromatic ring is 1. The maximum absolute atomic E-state index is 13.6. The minimum atomic E-state index is -0.264. The lowest BCUT2D eigenvalue weighted by Gasteiger charge is -2.34. The monoisotopic (exact) mass is 1160 g/mol. The fourth-order valence-corrected chi connectivity index (χ4v) is 10.5. The van der Waals surface area contributed by atoms with Gasteiger partial charge in [-0.1, -0.05) is 66.7 Å². The van der Waals surface area contributed by atoms with Crippen LogP contribution in [0.4, 0.5) is 11.5 Å². The van der Waals surface area contributed by atoms with Crippen LogP contribution >= 0.6 is 0 Å². The van der Waals surface area contributed by atoms with Gasteiger partial charge in [0.1, 0.15) is 35.0 Å². The van der Waals surface area contributed by atoms with E-state index in [0.29, 0.717) is 130 Å². The molecule has 23 nitrogen and oxygen atoms in total. The maximum atomic E-state index is 13.6. The van der Waals surface area contributed by atoms with E-state index in [2.05, 4.69) is 35.5 Å². The third-order valence-corrected chi connectivity index (χ3v) is 15.0. The van der Waals surface area contributed by atoms with Crippen molar-refractivity contribution in [2.24, 2.45) is 10.8 Å². The molecule has 0 spiro atoms. The van der Waals surface area contributed by atoms with Crippen LogP contribution in [0.3, 0.4) is 0 Å². The first-order chi connectivity index (χ1) is 41.6. The predicted molar refractivity (Wildman–Crippen MR) is 322 cm³/mol. The summed E-state index contributed by atoms with van der Waals surface area (Å²) in [6.07, 6.45) is 7.04. The molecule has 2 aromatic heterocycles. The Labute approximate surface area is 494 Å². The summed E-state index contributed by atoms with van der Waals surface area (Å²) in [7, 11) is 0. The fraction of sp³-hybridized carbons (Fsp3) is 0.403. The molecule has 448 valence electrons. The zero-order chi connectivity index (χ0) is 59.2. The van der Waals surface area contributed by atoms with Gasteiger partial charge in [-0.25, -0.2) is 20.2 Å². The minimum Gasteiger partial charge on any atom is -0.457 e. The molecule has 0 saturated carbocycles. The van der Waals surface area contributed by atoms with E-state index >= 15 is 0 Å². The number of nitrogens with zero attached hydrogens (tertiary/aromatic N) is 9. The van der Waals surface area contributed by atoms with E-state index in [9.17, 15) is 19.2 Å². The van der Waals surface area contributed by atoms with E-state index in [-0.39, 0.29) is 67.7 Å². The van der Waals surface area contributed by atoms with E-state index in [1.54, 1.807) is 23.1 Å². The number of fused-ring (bicyclic) bond motifs is 3. The molecule has 3 aliphatic heterocycles. The summed E-state index contributed by atoms with van der Waals surface area (Å²) in [5, 5.41) is 15.2. The maximum Gasteiger partial charge on any atom is 0.246 e. The second kappa shape index (κ2) is 31.4. The van der Waals surface area contributed by atoms with Crippen LogP contribution in [-0.2, 0) is 44.7 Å². The molecular formula is C62H76N14O9. The summed E-state index contributed by atoms with van der Waals surface area (Å²) in [6, 6.07) is 31.9. The molecule has 7 N–H and O–H groups in total. The van der Waals surface area contributed by atoms with Crippen LogP contribution in [0.25, 0.3) is 33.7 Å². The van der Waals surface area contributed by atoms with Gasteiger partial charge >= 0.3 is 0 Å². The number of rotatable bonds is 29. The molecule has 1 atom stereocenters. The molecule has 5 heterocycles. The highest BCUT2D eigenvalue weighted by molar-refractivity contribution is 6.02. The van der Waals surface area contributed by atoms with Crippen LogP contribution in [0.5, 0.6) is 11.5 Å². The summed E-state index contributed by atoms with van der Waals surface area (Å²) < 4.78 is 30.2. The minimum absolute atomic E-state index is 0.00302. The van der Waals surface area contributed by atoms with Crippen molar-refractivity contribution < 1.29 is 42.9 Å². The smallest absolute Gasteiger partial charge is 0.246 e. The molecule has 23 heteroatoms. The van der Waals surface area contributed by atoms with E-state index in [1.807, 2.05) is 107 Å². The van der Waals surface area contributed by atoms with E-state index in [1.165, 1.54) is 6.33 Å². The van der Waals surface area contributed by atoms with Gasteiger partial charge in [-0.3, -0.25) is 29.0 Å². The number of benzene rings is 4. The Morgan fingerprint density at radius 3 is 2.08 bits per heavy atom. The van der Waals surface area contributed by atoms with Crippen molar-refractivity contribution in [1.29, 1.82) is 5.53 Å². The Hall–Kier alpha value is -8.45. The van der Waals surface area contributed by atoms with E-state index in [0.717, 1.165) is 62.4 Å². The normalized spacial score (nSPS) is 16.6. The highest BCUT2D eigenvalue weighted by Gasteiger charge is 2.30. The quantitative estimate of drug-likeness (QED) is 0.0203. The van der Waals surface area contributed by atoms with Crippen molar-refractivity contribution >= 4 is 57.6 Å². The second-order valence-corrected chi connectivity index (χ2v) is 20.7. The standard InChI is InChI=1S/C62H76N14O9/c63-58-50-14-5-4-10-46(50)42-75(52-16-7-6-15-51(52)60(58)70-65)56(80)23-22-53(77)67-26-35-82-37-39-84-41-40-83-38-36-81-34-24-54(78)66-25-29-73-32-30-72(31-33-73)27-9-17-55(79)74-28-8-11-47(43-74)76-62-57(61(64)68-44-69-62)59(71-76)45-18-20-49(21-19-45)85-48-12-2-1-3-13-48/h1-7,9-10,12-21,44,47,65H,8,11,22-43,63H2,(H,66,78)(H,67,77)(H2,64,68,69)/b17-9+,60-58-,70-65?/t47-/m1/s1. The van der Waals surface area contributed by atoms with Gasteiger partial charge in [0.05, 0.1) is 82.2 Å². The third kappa shape index (κ3) is 17.1. The van der Waals surface area contributed by atoms with Gasteiger partial charge in [0, 0.05) is 107 Å². The van der Waals surface area contributed by atoms with Gasteiger partial charge < -0.3 is 55.6 Å². The molecule has 4 amide bonds. The first kappa shape index (κ1) is 61.1. The van der Waals surface area contributed by atoms with Gasteiger partial charge in [-0.2, -0.15) is 10.2 Å². The lowest BCUT2D eigenvalue weighted by molar-refractivity contribution is -0.127. The SMILES string of the molecule is N=N/C1=C(\N)c2ccccc2CN(C(=O)CCC(=O)NCCOCCOCCOCCOCCC(=O)NCCN2CCN(C/C=C/C(=O)N3CCC[C@@H](n4nc(-c5ccc(Oc6ccccc6)cc5)c5c(N)ncnc54)C3)CC2)c2ccccc21. The summed E-state index contributed by atoms with van der Waals surface area (Å²) in [5.74, 6) is 1.23. The number of nitrogens with two attached hydrogens (primary N) is 2. The number of likely N-dealkylation sites (tertiary alicyclic amines) is 1. The Kier molecular flexibility index (Phi) is 22.6. The lowest BCUT2D eigenvalue weighted by Crippen LogP contribution is -2.48. The summed E-state index contributed by atoms with van der Waals surface area (Å²) in [6.45, 7) is 10.0. The van der Waals surface area contributed by atoms with Crippen molar-refractivity contribution in [2.45, 2.75) is 44.7 Å². The highest BCUT2D eigenvalue weighted by Crippen LogP contribution is 2.38. The number of hydrogen-bond donors (Lipinski definition) is 5. The summed E-state index contributed by atoms with van der Waals surface area (Å²) in [5.41, 5.74) is 26.3. The first-order valence-corrected chi connectivity index (χ1v) is 29.0. The molecule has 0 unspecified atom stereocenters. The second-order valence-electron chi connectivity index (χ2n) is 20.7. The van der Waals surface area contributed by atoms with Gasteiger partial charge in [-0.05, 0) is 60.9 Å². The summed E-state index contributed by atoms with van der Waals surface area (Å²) in [4.78, 5) is 69.2. The number of anilines is 2. The Bertz CT molecular complexity index is 3260. The molecule has 3 aliphatic rings. The first-order valence-electron chi connectivity index (χ1n) is 29.0. The number of carbonyl (C=O) groups is 4. The molecule has 6 aromatic rings. The molecule has 0 radical (unpaired) electrons. The zero-order valence-corrected chi connectivity index (χ0v) is 47.9. The largest absolute Gasteiger partial charge is 0.457 e. The average molecular weight is 1160 g/mol. The van der Waals surface area contributed by atoms with Crippen LogP contribution in [-0.4, -0.2) is 176 Å². The van der Waals surface area contributed by atoms with E-state index in [4.69, 9.17) is 45.8 Å². The van der Waals surface area contributed by atoms with Crippen molar-refractivity contribution in [2.75, 3.05) is 129 Å². The van der Waals surface area contributed by atoms with Crippen LogP contribution in [0, 0.1) is 5.53 Å². The van der Waals surface area contributed by atoms with Gasteiger partial charge in [0.25, 0.3) is 0 Å². The number of aromatic nitrogens is 4. The van der Waals surface area contributed by atoms with Crippen LogP contribution in [0.15, 0.2) is 127 Å².